The lowest BCUT2D eigenvalue weighted by molar-refractivity contribution is -0.672. The van der Waals surface area contributed by atoms with Crippen LogP contribution >= 0.6 is 0 Å². The van der Waals surface area contributed by atoms with Crippen LogP contribution in [-0.4, -0.2) is 18.0 Å². The van der Waals surface area contributed by atoms with Crippen molar-refractivity contribution in [2.45, 2.75) is 33.7 Å². The van der Waals surface area contributed by atoms with Crippen LogP contribution in [0.4, 0.5) is 0 Å². The molecule has 2 heteroatoms. The SMILES string of the molecule is CC.CCN1CCc2c[n+](C)ccc2C1. The first-order valence-electron chi connectivity index (χ1n) is 5.99. The standard InChI is InChI=1S/C11H17N2.C2H6/c1-3-13-7-5-10-8-12(2)6-4-11(10)9-13;1-2/h4,6,8H,3,5,7,9H2,1-2H3;1-2H3/q+1;. The van der Waals surface area contributed by atoms with E-state index in [1.54, 1.807) is 0 Å². The van der Waals surface area contributed by atoms with E-state index in [2.05, 4.69) is 41.9 Å². The van der Waals surface area contributed by atoms with Crippen molar-refractivity contribution in [1.29, 1.82) is 0 Å². The number of nitrogens with zero attached hydrogens (tertiary/aromatic N) is 2. The molecule has 0 aromatic carbocycles. The molecule has 0 atom stereocenters. The number of likely N-dealkylation sites (N-methyl/N-ethyl adjacent to an activating group) is 1. The van der Waals surface area contributed by atoms with Gasteiger partial charge in [-0.15, -0.1) is 0 Å². The predicted octanol–water partition coefficient (Wildman–Crippen LogP) is 1.92. The second-order valence-corrected chi connectivity index (χ2v) is 3.78. The number of rotatable bonds is 1. The Hall–Kier alpha value is -0.890. The maximum absolute atomic E-state index is 2.49. The quantitative estimate of drug-likeness (QED) is 0.638. The van der Waals surface area contributed by atoms with Gasteiger partial charge >= 0.3 is 0 Å². The van der Waals surface area contributed by atoms with Crippen molar-refractivity contribution >= 4 is 0 Å². The van der Waals surface area contributed by atoms with E-state index < -0.39 is 0 Å². The van der Waals surface area contributed by atoms with Gasteiger partial charge in [0.2, 0.25) is 0 Å². The van der Waals surface area contributed by atoms with Crippen LogP contribution in [-0.2, 0) is 20.0 Å². The highest BCUT2D eigenvalue weighted by molar-refractivity contribution is 5.23. The van der Waals surface area contributed by atoms with Gasteiger partial charge in [-0.1, -0.05) is 20.8 Å². The van der Waals surface area contributed by atoms with E-state index in [1.165, 1.54) is 30.6 Å². The molecule has 0 N–H and O–H groups in total. The molecule has 1 aromatic heterocycles. The average molecular weight is 207 g/mol. The second-order valence-electron chi connectivity index (χ2n) is 3.78. The lowest BCUT2D eigenvalue weighted by Crippen LogP contribution is -2.34. The number of hydrogen-bond acceptors (Lipinski definition) is 1. The van der Waals surface area contributed by atoms with Crippen LogP contribution < -0.4 is 4.57 Å². The average Bonchev–Trinajstić information content (AvgIpc) is 2.31. The minimum absolute atomic E-state index is 1.13. The van der Waals surface area contributed by atoms with Crippen molar-refractivity contribution in [3.8, 4) is 0 Å². The molecule has 0 spiro atoms. The molecule has 0 amide bonds. The maximum Gasteiger partial charge on any atom is 0.172 e. The van der Waals surface area contributed by atoms with Gasteiger partial charge in [-0.25, -0.2) is 4.57 Å². The smallest absolute Gasteiger partial charge is 0.172 e. The zero-order valence-corrected chi connectivity index (χ0v) is 10.5. The van der Waals surface area contributed by atoms with E-state index in [9.17, 15) is 0 Å². The predicted molar refractivity (Wildman–Crippen MR) is 63.6 cm³/mol. The minimum Gasteiger partial charge on any atom is -0.299 e. The zero-order chi connectivity index (χ0) is 11.3. The summed E-state index contributed by atoms with van der Waals surface area (Å²) in [5.41, 5.74) is 3.03. The summed E-state index contributed by atoms with van der Waals surface area (Å²) in [6.07, 6.45) is 5.60. The van der Waals surface area contributed by atoms with Gasteiger partial charge in [-0.05, 0) is 18.5 Å². The summed E-state index contributed by atoms with van der Waals surface area (Å²) in [5.74, 6) is 0. The Morgan fingerprint density at radius 3 is 2.73 bits per heavy atom. The summed E-state index contributed by atoms with van der Waals surface area (Å²) >= 11 is 0. The van der Waals surface area contributed by atoms with Crippen LogP contribution in [0.2, 0.25) is 0 Å². The fraction of sp³-hybridized carbons (Fsp3) is 0.615. The summed E-state index contributed by atoms with van der Waals surface area (Å²) < 4.78 is 2.14. The summed E-state index contributed by atoms with van der Waals surface area (Å²) in [6.45, 7) is 9.74. The Balaban J connectivity index is 0.000000531. The Kier molecular flexibility index (Phi) is 4.76. The van der Waals surface area contributed by atoms with E-state index in [1.807, 2.05) is 13.8 Å². The molecule has 84 valence electrons. The van der Waals surface area contributed by atoms with Gasteiger partial charge in [0.25, 0.3) is 0 Å². The molecule has 1 aliphatic heterocycles. The van der Waals surface area contributed by atoms with Crippen LogP contribution in [0.5, 0.6) is 0 Å². The topological polar surface area (TPSA) is 7.12 Å². The van der Waals surface area contributed by atoms with E-state index in [-0.39, 0.29) is 0 Å². The molecule has 0 aliphatic carbocycles. The van der Waals surface area contributed by atoms with Gasteiger partial charge in [-0.2, -0.15) is 0 Å². The summed E-state index contributed by atoms with van der Waals surface area (Å²) in [5, 5.41) is 0. The van der Waals surface area contributed by atoms with Crippen molar-refractivity contribution in [3.05, 3.63) is 29.6 Å². The third-order valence-electron chi connectivity index (χ3n) is 2.82. The first-order chi connectivity index (χ1) is 7.29. The zero-order valence-electron chi connectivity index (χ0n) is 10.5. The Morgan fingerprint density at radius 1 is 1.33 bits per heavy atom. The van der Waals surface area contributed by atoms with Gasteiger partial charge < -0.3 is 0 Å². The first-order valence-corrected chi connectivity index (χ1v) is 5.99. The van der Waals surface area contributed by atoms with E-state index in [0.717, 1.165) is 6.54 Å². The number of pyridine rings is 1. The molecule has 0 saturated heterocycles. The highest BCUT2D eigenvalue weighted by atomic mass is 15.1. The molecule has 1 aliphatic rings. The number of aryl methyl sites for hydroxylation is 1. The van der Waals surface area contributed by atoms with Crippen molar-refractivity contribution < 1.29 is 4.57 Å². The molecule has 15 heavy (non-hydrogen) atoms. The van der Waals surface area contributed by atoms with E-state index in [4.69, 9.17) is 0 Å². The summed E-state index contributed by atoms with van der Waals surface area (Å²) in [6, 6.07) is 2.25. The third-order valence-corrected chi connectivity index (χ3v) is 2.82. The lowest BCUT2D eigenvalue weighted by Gasteiger charge is -2.26. The number of aromatic nitrogens is 1. The highest BCUT2D eigenvalue weighted by Gasteiger charge is 2.16. The van der Waals surface area contributed by atoms with Gasteiger partial charge in [0, 0.05) is 24.7 Å². The Labute approximate surface area is 93.5 Å². The van der Waals surface area contributed by atoms with Gasteiger partial charge in [0.05, 0.1) is 0 Å². The van der Waals surface area contributed by atoms with Crippen molar-refractivity contribution in [3.63, 3.8) is 0 Å². The molecule has 1 aromatic rings. The third kappa shape index (κ3) is 3.03. The van der Waals surface area contributed by atoms with Crippen molar-refractivity contribution in [2.24, 2.45) is 7.05 Å². The maximum atomic E-state index is 2.49. The Bertz CT molecular complexity index is 307. The molecule has 2 rings (SSSR count). The molecule has 2 heterocycles. The monoisotopic (exact) mass is 207 g/mol. The van der Waals surface area contributed by atoms with Crippen LogP contribution in [0.1, 0.15) is 31.9 Å². The Morgan fingerprint density at radius 2 is 2.07 bits per heavy atom. The molecule has 0 fully saturated rings. The highest BCUT2D eigenvalue weighted by Crippen LogP contribution is 2.15. The molecule has 0 unspecified atom stereocenters. The molecular weight excluding hydrogens is 184 g/mol. The van der Waals surface area contributed by atoms with Gasteiger partial charge in [-0.3, -0.25) is 4.90 Å². The fourth-order valence-corrected chi connectivity index (χ4v) is 1.93. The lowest BCUT2D eigenvalue weighted by atomic mass is 10.0. The van der Waals surface area contributed by atoms with Gasteiger partial charge in [0.15, 0.2) is 12.4 Å². The van der Waals surface area contributed by atoms with Crippen LogP contribution in [0.3, 0.4) is 0 Å². The normalized spacial score (nSPS) is 15.2. The van der Waals surface area contributed by atoms with E-state index >= 15 is 0 Å². The molecule has 0 bridgehead atoms. The van der Waals surface area contributed by atoms with Crippen LogP contribution in [0.25, 0.3) is 0 Å². The minimum atomic E-state index is 1.13. The van der Waals surface area contributed by atoms with Crippen LogP contribution in [0, 0.1) is 0 Å². The second kappa shape index (κ2) is 5.86. The fourth-order valence-electron chi connectivity index (χ4n) is 1.93. The van der Waals surface area contributed by atoms with Gasteiger partial charge in [0.1, 0.15) is 7.05 Å². The molecule has 0 saturated carbocycles. The summed E-state index contributed by atoms with van der Waals surface area (Å²) in [4.78, 5) is 2.49. The number of fused-ring (bicyclic) bond motifs is 1. The first kappa shape index (κ1) is 12.2. The van der Waals surface area contributed by atoms with E-state index in [0.29, 0.717) is 0 Å². The van der Waals surface area contributed by atoms with Crippen molar-refractivity contribution in [2.75, 3.05) is 13.1 Å². The number of hydrogen-bond donors (Lipinski definition) is 0. The molecule has 0 radical (unpaired) electrons. The molecular formula is C13H23N2+. The molecule has 2 nitrogen and oxygen atoms in total. The van der Waals surface area contributed by atoms with Crippen LogP contribution in [0.15, 0.2) is 18.5 Å². The largest absolute Gasteiger partial charge is 0.299 e. The summed E-state index contributed by atoms with van der Waals surface area (Å²) in [7, 11) is 2.09. The van der Waals surface area contributed by atoms with Crippen molar-refractivity contribution in [1.82, 2.24) is 4.90 Å².